The summed E-state index contributed by atoms with van der Waals surface area (Å²) in [7, 11) is -4.29. The Kier molecular flexibility index (Phi) is 6.98. The van der Waals surface area contributed by atoms with Crippen LogP contribution in [0.4, 0.5) is 32.0 Å². The molecule has 0 aliphatic carbocycles. The molecule has 0 radical (unpaired) electrons. The fraction of sp³-hybridized carbons (Fsp3) is 0.235. The molecule has 2 N–H and O–H groups in total. The topological polar surface area (TPSA) is 84.5 Å². The van der Waals surface area contributed by atoms with Crippen molar-refractivity contribution in [1.82, 2.24) is 4.72 Å². The molecule has 13 heteroatoms. The highest BCUT2D eigenvalue weighted by atomic mass is 32.2. The summed E-state index contributed by atoms with van der Waals surface area (Å²) in [6.07, 6.45) is -9.95. The summed E-state index contributed by atoms with van der Waals surface area (Å²) >= 11 is 0. The number of halogens is 6. The van der Waals surface area contributed by atoms with E-state index in [2.05, 4.69) is 10.1 Å². The zero-order valence-corrected chi connectivity index (χ0v) is 15.7. The fourth-order valence-electron chi connectivity index (χ4n) is 2.19. The Morgan fingerprint density at radius 1 is 0.967 bits per heavy atom. The van der Waals surface area contributed by atoms with Crippen molar-refractivity contribution in [3.8, 4) is 5.75 Å². The normalized spacial score (nSPS) is 12.5. The molecule has 0 unspecified atom stereocenters. The maximum Gasteiger partial charge on any atom is 0.573 e. The second-order valence-corrected chi connectivity index (χ2v) is 7.56. The van der Waals surface area contributed by atoms with Crippen LogP contribution in [0.1, 0.15) is 12.0 Å². The highest BCUT2D eigenvalue weighted by Gasteiger charge is 2.32. The van der Waals surface area contributed by atoms with Gasteiger partial charge < -0.3 is 10.1 Å². The number of nitrogens with one attached hydrogen (secondary N) is 2. The van der Waals surface area contributed by atoms with Crippen LogP contribution in [0.25, 0.3) is 0 Å². The van der Waals surface area contributed by atoms with Crippen LogP contribution < -0.4 is 14.8 Å². The number of anilines is 1. The van der Waals surface area contributed by atoms with Crippen LogP contribution in [0.15, 0.2) is 53.4 Å². The number of ether oxygens (including phenoxy) is 1. The van der Waals surface area contributed by atoms with E-state index in [0.29, 0.717) is 6.07 Å². The molecule has 0 atom stereocenters. The predicted octanol–water partition coefficient (Wildman–Crippen LogP) is 3.91. The van der Waals surface area contributed by atoms with Gasteiger partial charge in [0.05, 0.1) is 10.5 Å². The van der Waals surface area contributed by atoms with Gasteiger partial charge in [0.1, 0.15) is 5.75 Å². The first-order valence-electron chi connectivity index (χ1n) is 8.09. The summed E-state index contributed by atoms with van der Waals surface area (Å²) < 4.78 is 104. The number of rotatable bonds is 7. The number of sulfonamides is 1. The minimum absolute atomic E-state index is 0.135. The van der Waals surface area contributed by atoms with Gasteiger partial charge in [0.25, 0.3) is 0 Å². The van der Waals surface area contributed by atoms with Gasteiger partial charge in [0.2, 0.25) is 15.9 Å². The van der Waals surface area contributed by atoms with Gasteiger partial charge in [-0.3, -0.25) is 4.79 Å². The molecule has 0 heterocycles. The summed E-state index contributed by atoms with van der Waals surface area (Å²) in [4.78, 5) is 11.2. The molecule has 0 saturated carbocycles. The third-order valence-corrected chi connectivity index (χ3v) is 4.95. The largest absolute Gasteiger partial charge is 0.573 e. The zero-order chi connectivity index (χ0) is 22.6. The molecule has 0 bridgehead atoms. The lowest BCUT2D eigenvalue weighted by atomic mass is 10.2. The number of benzene rings is 2. The Bertz CT molecular complexity index is 989. The van der Waals surface area contributed by atoms with Crippen molar-refractivity contribution in [2.45, 2.75) is 23.9 Å². The Morgan fingerprint density at radius 3 is 2.17 bits per heavy atom. The number of alkyl halides is 6. The van der Waals surface area contributed by atoms with E-state index in [9.17, 15) is 39.6 Å². The molecule has 0 saturated heterocycles. The molecule has 0 aliphatic heterocycles. The van der Waals surface area contributed by atoms with Crippen LogP contribution in [0, 0.1) is 0 Å². The summed E-state index contributed by atoms with van der Waals surface area (Å²) in [6, 6.07) is 7.33. The van der Waals surface area contributed by atoms with Gasteiger partial charge in [0, 0.05) is 18.7 Å². The fourth-order valence-corrected chi connectivity index (χ4v) is 3.26. The van der Waals surface area contributed by atoms with Crippen molar-refractivity contribution in [3.05, 3.63) is 54.1 Å². The van der Waals surface area contributed by atoms with E-state index >= 15 is 0 Å². The molecule has 30 heavy (non-hydrogen) atoms. The smallest absolute Gasteiger partial charge is 0.406 e. The van der Waals surface area contributed by atoms with E-state index in [1.807, 2.05) is 4.72 Å². The molecule has 164 valence electrons. The molecule has 1 amide bonds. The lowest BCUT2D eigenvalue weighted by Crippen LogP contribution is -2.28. The molecule has 0 aliphatic rings. The molecule has 6 nitrogen and oxygen atoms in total. The first-order chi connectivity index (χ1) is 13.8. The Morgan fingerprint density at radius 2 is 1.60 bits per heavy atom. The Labute approximate surface area is 166 Å². The van der Waals surface area contributed by atoms with Crippen molar-refractivity contribution in [2.24, 2.45) is 0 Å². The van der Waals surface area contributed by atoms with Crippen LogP contribution in [0.3, 0.4) is 0 Å². The van der Waals surface area contributed by atoms with E-state index in [1.165, 1.54) is 0 Å². The minimum Gasteiger partial charge on any atom is -0.406 e. The summed E-state index contributed by atoms with van der Waals surface area (Å²) in [6.45, 7) is -0.417. The molecule has 2 aromatic carbocycles. The molecular formula is C17H14F6N2O4S. The lowest BCUT2D eigenvalue weighted by molar-refractivity contribution is -0.274. The van der Waals surface area contributed by atoms with Gasteiger partial charge in [-0.1, -0.05) is 6.07 Å². The van der Waals surface area contributed by atoms with Crippen molar-refractivity contribution in [3.63, 3.8) is 0 Å². The number of carbonyl (C=O) groups excluding carboxylic acids is 1. The van der Waals surface area contributed by atoms with Crippen LogP contribution in [-0.4, -0.2) is 27.2 Å². The monoisotopic (exact) mass is 456 g/mol. The second kappa shape index (κ2) is 8.92. The third kappa shape index (κ3) is 7.22. The van der Waals surface area contributed by atoms with Crippen LogP contribution in [-0.2, 0) is 21.0 Å². The Balaban J connectivity index is 1.89. The van der Waals surface area contributed by atoms with Crippen LogP contribution in [0.5, 0.6) is 5.75 Å². The molecule has 2 rings (SSSR count). The van der Waals surface area contributed by atoms with E-state index in [4.69, 9.17) is 0 Å². The average Bonchev–Trinajstić information content (AvgIpc) is 2.61. The predicted molar refractivity (Wildman–Crippen MR) is 93.0 cm³/mol. The maximum absolute atomic E-state index is 12.7. The number of amides is 1. The molecule has 0 fully saturated rings. The molecular weight excluding hydrogens is 442 g/mol. The standard InChI is InChI=1S/C17H14F6N2O4S/c18-16(19,20)11-2-1-3-14(10-11)30(27,28)24-9-8-15(26)25-12-4-6-13(7-5-12)29-17(21,22)23/h1-7,10,24H,8-9H2,(H,25,26). The van der Waals surface area contributed by atoms with Crippen LogP contribution >= 0.6 is 0 Å². The van der Waals surface area contributed by atoms with E-state index in [-0.39, 0.29) is 12.1 Å². The van der Waals surface area contributed by atoms with E-state index in [1.54, 1.807) is 0 Å². The van der Waals surface area contributed by atoms with Crippen LogP contribution in [0.2, 0.25) is 0 Å². The van der Waals surface area contributed by atoms with Gasteiger partial charge >= 0.3 is 12.5 Å². The van der Waals surface area contributed by atoms with E-state index in [0.717, 1.165) is 42.5 Å². The van der Waals surface area contributed by atoms with Crippen molar-refractivity contribution >= 4 is 21.6 Å². The lowest BCUT2D eigenvalue weighted by Gasteiger charge is -2.11. The summed E-state index contributed by atoms with van der Waals surface area (Å²) in [5.74, 6) is -1.17. The highest BCUT2D eigenvalue weighted by Crippen LogP contribution is 2.30. The minimum atomic E-state index is -4.86. The SMILES string of the molecule is O=C(CCNS(=O)(=O)c1cccc(C(F)(F)F)c1)Nc1ccc(OC(F)(F)F)cc1. The van der Waals surface area contributed by atoms with Crippen molar-refractivity contribution < 1.29 is 44.3 Å². The van der Waals surface area contributed by atoms with Gasteiger partial charge in [0.15, 0.2) is 0 Å². The second-order valence-electron chi connectivity index (χ2n) is 5.79. The number of hydrogen-bond acceptors (Lipinski definition) is 4. The first-order valence-corrected chi connectivity index (χ1v) is 9.57. The zero-order valence-electron chi connectivity index (χ0n) is 14.8. The van der Waals surface area contributed by atoms with Gasteiger partial charge in [-0.15, -0.1) is 13.2 Å². The number of carbonyl (C=O) groups is 1. The van der Waals surface area contributed by atoms with Gasteiger partial charge in [-0.25, -0.2) is 13.1 Å². The summed E-state index contributed by atoms with van der Waals surface area (Å²) in [5, 5.41) is 2.33. The molecule has 0 spiro atoms. The quantitative estimate of drug-likeness (QED) is 0.619. The third-order valence-electron chi connectivity index (χ3n) is 3.49. The van der Waals surface area contributed by atoms with Gasteiger partial charge in [-0.2, -0.15) is 13.2 Å². The highest BCUT2D eigenvalue weighted by molar-refractivity contribution is 7.89. The van der Waals surface area contributed by atoms with Gasteiger partial charge in [-0.05, 0) is 42.5 Å². The average molecular weight is 456 g/mol. The maximum atomic E-state index is 12.7. The van der Waals surface area contributed by atoms with E-state index < -0.39 is 51.2 Å². The van der Waals surface area contributed by atoms with Crippen molar-refractivity contribution in [1.29, 1.82) is 0 Å². The molecule has 0 aromatic heterocycles. The molecule has 2 aromatic rings. The number of hydrogen-bond donors (Lipinski definition) is 2. The Hall–Kier alpha value is -2.80. The van der Waals surface area contributed by atoms with Crippen molar-refractivity contribution in [2.75, 3.05) is 11.9 Å². The summed E-state index contributed by atoms with van der Waals surface area (Å²) in [5.41, 5.74) is -1.00. The first kappa shape index (κ1) is 23.5.